The van der Waals surface area contributed by atoms with Crippen LogP contribution in [0.2, 0.25) is 0 Å². The Morgan fingerprint density at radius 1 is 0.812 bits per heavy atom. The molecule has 3 aromatic rings. The van der Waals surface area contributed by atoms with Gasteiger partial charge in [0.2, 0.25) is 29.5 Å². The number of nitrogens with one attached hydrogen (secondary N) is 4. The second kappa shape index (κ2) is 30.8. The lowest BCUT2D eigenvalue weighted by Crippen LogP contribution is -2.57. The van der Waals surface area contributed by atoms with E-state index in [2.05, 4.69) is 21.3 Å². The molecule has 0 radical (unpaired) electrons. The largest absolute Gasteiger partial charge is 0.387 e. The first-order chi connectivity index (χ1) is 30.4. The number of aliphatic hydroxyl groups is 1. The molecule has 64 heavy (non-hydrogen) atoms. The van der Waals surface area contributed by atoms with E-state index in [1.165, 1.54) is 13.8 Å². The summed E-state index contributed by atoms with van der Waals surface area (Å²) in [6, 6.07) is 11.1. The first-order valence-corrected chi connectivity index (χ1v) is 22.8. The average molecular weight is 900 g/mol. The van der Waals surface area contributed by atoms with Crippen LogP contribution in [0.4, 0.5) is 8.78 Å². The molecule has 0 saturated carbocycles. The Morgan fingerprint density at radius 3 is 1.98 bits per heavy atom. The molecule has 0 fully saturated rings. The highest BCUT2D eigenvalue weighted by Crippen LogP contribution is 2.41. The Kier molecular flexibility index (Phi) is 28.4. The fourth-order valence-corrected chi connectivity index (χ4v) is 6.88. The van der Waals surface area contributed by atoms with Crippen molar-refractivity contribution in [3.05, 3.63) is 83.7 Å². The number of aromatic nitrogens is 1. The van der Waals surface area contributed by atoms with E-state index in [1.54, 1.807) is 31.0 Å². The van der Waals surface area contributed by atoms with Crippen LogP contribution in [-0.4, -0.2) is 88.5 Å². The second-order valence-electron chi connectivity index (χ2n) is 16.0. The first kappa shape index (κ1) is 58.9. The SMILES string of the molecule is CC.CC.CC.CC(=O)NC(CCCCN)C(=O)NC(C(=O)N[C@@H](C)C(=O)NCCCN(C(=O)CO)C(c1cc(-c2cc(F)ccc2F)cn1Cc1ccccc1)C(C)(C)C)C(C)C. The van der Waals surface area contributed by atoms with Gasteiger partial charge < -0.3 is 41.6 Å². The van der Waals surface area contributed by atoms with E-state index in [9.17, 15) is 33.5 Å². The van der Waals surface area contributed by atoms with E-state index in [1.807, 2.05) is 97.2 Å². The van der Waals surface area contributed by atoms with Crippen molar-refractivity contribution in [1.82, 2.24) is 30.7 Å². The van der Waals surface area contributed by atoms with E-state index in [0.29, 0.717) is 43.6 Å². The van der Waals surface area contributed by atoms with Crippen molar-refractivity contribution in [1.29, 1.82) is 0 Å². The number of carbonyl (C=O) groups excluding carboxylic acids is 5. The number of amides is 5. The number of rotatable bonds is 21. The second-order valence-corrected chi connectivity index (χ2v) is 16.0. The highest BCUT2D eigenvalue weighted by molar-refractivity contribution is 5.94. The number of nitrogens with two attached hydrogens (primary N) is 1. The van der Waals surface area contributed by atoms with Gasteiger partial charge in [-0.25, -0.2) is 8.78 Å². The summed E-state index contributed by atoms with van der Waals surface area (Å²) in [5.74, 6) is -4.06. The molecule has 4 atom stereocenters. The van der Waals surface area contributed by atoms with Crippen LogP contribution in [0.5, 0.6) is 0 Å². The Morgan fingerprint density at radius 2 is 1.44 bits per heavy atom. The summed E-state index contributed by atoms with van der Waals surface area (Å²) < 4.78 is 31.3. The fourth-order valence-electron chi connectivity index (χ4n) is 6.88. The molecule has 3 rings (SSSR count). The number of nitrogens with zero attached hydrogens (tertiary/aromatic N) is 2. The van der Waals surface area contributed by atoms with Crippen molar-refractivity contribution in [2.45, 2.75) is 146 Å². The predicted molar refractivity (Wildman–Crippen MR) is 253 cm³/mol. The summed E-state index contributed by atoms with van der Waals surface area (Å²) in [4.78, 5) is 66.4. The van der Waals surface area contributed by atoms with Gasteiger partial charge in [-0.3, -0.25) is 24.0 Å². The predicted octanol–water partition coefficient (Wildman–Crippen LogP) is 7.25. The van der Waals surface area contributed by atoms with Gasteiger partial charge in [-0.15, -0.1) is 0 Å². The number of unbranched alkanes of at least 4 members (excludes halogenated alkanes) is 1. The van der Waals surface area contributed by atoms with Crippen LogP contribution in [0.3, 0.4) is 0 Å². The summed E-state index contributed by atoms with van der Waals surface area (Å²) in [6.07, 6.45) is 3.63. The van der Waals surface area contributed by atoms with Gasteiger partial charge in [-0.1, -0.05) is 106 Å². The Balaban J connectivity index is 0.00000633. The highest BCUT2D eigenvalue weighted by Gasteiger charge is 2.37. The van der Waals surface area contributed by atoms with Gasteiger partial charge >= 0.3 is 0 Å². The summed E-state index contributed by atoms with van der Waals surface area (Å²) in [6.45, 7) is 24.4. The fraction of sp³-hybridized carbons (Fsp3) is 0.571. The Bertz CT molecular complexity index is 1850. The lowest BCUT2D eigenvalue weighted by molar-refractivity contribution is -0.139. The van der Waals surface area contributed by atoms with Crippen LogP contribution in [0.1, 0.15) is 133 Å². The molecular weight excluding hydrogens is 821 g/mol. The number of benzene rings is 2. The third-order valence-corrected chi connectivity index (χ3v) is 9.75. The van der Waals surface area contributed by atoms with E-state index in [0.717, 1.165) is 23.8 Å². The molecule has 0 aliphatic heterocycles. The van der Waals surface area contributed by atoms with Gasteiger partial charge in [0.25, 0.3) is 0 Å². The zero-order valence-corrected chi connectivity index (χ0v) is 40.7. The summed E-state index contributed by atoms with van der Waals surface area (Å²) >= 11 is 0. The minimum absolute atomic E-state index is 0.0688. The molecule has 7 N–H and O–H groups in total. The molecular formula is C49H79F2N7O6. The molecule has 2 aromatic carbocycles. The van der Waals surface area contributed by atoms with Gasteiger partial charge in [-0.2, -0.15) is 0 Å². The van der Waals surface area contributed by atoms with Crippen molar-refractivity contribution in [3.8, 4) is 11.1 Å². The van der Waals surface area contributed by atoms with E-state index < -0.39 is 71.5 Å². The third kappa shape index (κ3) is 19.3. The van der Waals surface area contributed by atoms with Crippen LogP contribution in [-0.2, 0) is 30.5 Å². The summed E-state index contributed by atoms with van der Waals surface area (Å²) in [5, 5.41) is 20.9. The van der Waals surface area contributed by atoms with Crippen LogP contribution < -0.4 is 27.0 Å². The molecule has 1 aromatic heterocycles. The number of hydrogen-bond acceptors (Lipinski definition) is 7. The van der Waals surface area contributed by atoms with Gasteiger partial charge in [0.1, 0.15) is 36.4 Å². The van der Waals surface area contributed by atoms with E-state index in [4.69, 9.17) is 5.73 Å². The standard InChI is InChI=1S/C43H61F2N7O6.3C2H6/c1-27(2)38(50-41(57)35(49-29(4)54)16-11-12-19-46)42(58)48-28(3)40(56)47-20-13-21-52(37(55)26-53)39(43(5,6)7)36-22-31(33-23-32(44)17-18-34(33)45)25-51(36)24-30-14-9-8-10-15-30;3*1-2/h8-10,14-15,17-18,22-23,25,27-28,35,38-39,53H,11-13,16,19-21,24,26,46H2,1-7H3,(H,47,56)(H,48,58)(H,49,54)(H,50,57);3*1-2H3/t28-,35?,38?,39?;;;/m0.../s1. The zero-order chi connectivity index (χ0) is 49.2. The average Bonchev–Trinajstić information content (AvgIpc) is 3.67. The lowest BCUT2D eigenvalue weighted by atomic mass is 9.83. The minimum Gasteiger partial charge on any atom is -0.387 e. The van der Waals surface area contributed by atoms with Gasteiger partial charge in [-0.05, 0) is 80.3 Å². The summed E-state index contributed by atoms with van der Waals surface area (Å²) in [7, 11) is 0. The van der Waals surface area contributed by atoms with Gasteiger partial charge in [0.05, 0.1) is 6.04 Å². The smallest absolute Gasteiger partial charge is 0.248 e. The minimum atomic E-state index is -0.986. The molecule has 1 heterocycles. The monoisotopic (exact) mass is 900 g/mol. The Hall–Kier alpha value is -5.15. The third-order valence-electron chi connectivity index (χ3n) is 9.75. The molecule has 5 amide bonds. The Labute approximate surface area is 381 Å². The van der Waals surface area contributed by atoms with Crippen LogP contribution >= 0.6 is 0 Å². The number of carbonyl (C=O) groups is 5. The lowest BCUT2D eigenvalue weighted by Gasteiger charge is -2.41. The number of halogens is 2. The topological polar surface area (TPSA) is 188 Å². The maximum atomic E-state index is 15.1. The molecule has 360 valence electrons. The molecule has 0 spiro atoms. The van der Waals surface area contributed by atoms with Crippen LogP contribution in [0.25, 0.3) is 11.1 Å². The number of hydrogen-bond donors (Lipinski definition) is 6. The molecule has 0 saturated heterocycles. The molecule has 0 bridgehead atoms. The molecule has 15 heteroatoms. The normalized spacial score (nSPS) is 12.6. The molecule has 3 unspecified atom stereocenters. The van der Waals surface area contributed by atoms with E-state index in [-0.39, 0.29) is 36.9 Å². The zero-order valence-electron chi connectivity index (χ0n) is 40.7. The van der Waals surface area contributed by atoms with Crippen molar-refractivity contribution in [2.24, 2.45) is 17.1 Å². The molecule has 13 nitrogen and oxygen atoms in total. The molecule has 0 aliphatic carbocycles. The van der Waals surface area contributed by atoms with Crippen LogP contribution in [0, 0.1) is 23.0 Å². The van der Waals surface area contributed by atoms with Crippen molar-refractivity contribution in [3.63, 3.8) is 0 Å². The van der Waals surface area contributed by atoms with E-state index >= 15 is 4.39 Å². The van der Waals surface area contributed by atoms with Crippen LogP contribution in [0.15, 0.2) is 60.8 Å². The van der Waals surface area contributed by atoms with Gasteiger partial charge in [0, 0.05) is 49.6 Å². The maximum absolute atomic E-state index is 15.1. The molecule has 0 aliphatic rings. The quantitative estimate of drug-likeness (QED) is 0.0608. The van der Waals surface area contributed by atoms with Gasteiger partial charge in [0.15, 0.2) is 0 Å². The maximum Gasteiger partial charge on any atom is 0.248 e. The summed E-state index contributed by atoms with van der Waals surface area (Å²) in [5.41, 5.74) is 7.03. The van der Waals surface area contributed by atoms with Crippen molar-refractivity contribution in [2.75, 3.05) is 26.2 Å². The van der Waals surface area contributed by atoms with Crippen molar-refractivity contribution < 1.29 is 37.9 Å². The highest BCUT2D eigenvalue weighted by atomic mass is 19.1. The first-order valence-electron chi connectivity index (χ1n) is 22.8. The van der Waals surface area contributed by atoms with Crippen molar-refractivity contribution >= 4 is 29.5 Å². The number of aliphatic hydroxyl groups excluding tert-OH is 1.